The van der Waals surface area contributed by atoms with Crippen LogP contribution in [-0.4, -0.2) is 12.6 Å². The van der Waals surface area contributed by atoms with Crippen LogP contribution >= 0.6 is 0 Å². The third kappa shape index (κ3) is 14.8. The highest BCUT2D eigenvalue weighted by Crippen LogP contribution is 2.20. The van der Waals surface area contributed by atoms with Crippen molar-refractivity contribution in [3.05, 3.63) is 0 Å². The average Bonchev–Trinajstić information content (AvgIpc) is 2.55. The van der Waals surface area contributed by atoms with Crippen LogP contribution < -0.4 is 0 Å². The number of esters is 1. The van der Waals surface area contributed by atoms with Gasteiger partial charge in [0, 0.05) is 0 Å². The maximum atomic E-state index is 12.1. The summed E-state index contributed by atoms with van der Waals surface area (Å²) in [5, 5.41) is 0. The predicted octanol–water partition coefficient (Wildman–Crippen LogP) is 7.06. The van der Waals surface area contributed by atoms with E-state index in [4.69, 9.17) is 4.74 Å². The van der Waals surface area contributed by atoms with Crippen molar-refractivity contribution in [2.24, 2.45) is 5.92 Å². The summed E-state index contributed by atoms with van der Waals surface area (Å²) in [5.74, 6) is 0.198. The van der Waals surface area contributed by atoms with E-state index in [1.807, 2.05) is 6.92 Å². The summed E-state index contributed by atoms with van der Waals surface area (Å²) in [5.41, 5.74) is 0. The summed E-state index contributed by atoms with van der Waals surface area (Å²) in [6.45, 7) is 6.93. The average molecular weight is 327 g/mol. The molecule has 0 saturated carbocycles. The monoisotopic (exact) mass is 326 g/mol. The molecule has 0 N–H and O–H groups in total. The van der Waals surface area contributed by atoms with Crippen molar-refractivity contribution in [3.8, 4) is 0 Å². The molecule has 0 aliphatic rings. The Labute approximate surface area is 145 Å². The Balaban J connectivity index is 3.80. The fraction of sp³-hybridized carbons (Fsp3) is 0.952. The number of hydrogen-bond acceptors (Lipinski definition) is 2. The van der Waals surface area contributed by atoms with E-state index < -0.39 is 0 Å². The maximum absolute atomic E-state index is 12.1. The van der Waals surface area contributed by atoms with E-state index >= 15 is 0 Å². The molecular formula is C21H42O2. The van der Waals surface area contributed by atoms with Gasteiger partial charge in [-0.1, -0.05) is 97.3 Å². The minimum absolute atomic E-state index is 0.0482. The molecule has 0 aromatic carbocycles. The zero-order chi connectivity index (χ0) is 17.2. The molecule has 0 saturated heterocycles. The zero-order valence-electron chi connectivity index (χ0n) is 16.2. The first-order valence-electron chi connectivity index (χ1n) is 10.4. The number of hydrogen-bond donors (Lipinski definition) is 0. The topological polar surface area (TPSA) is 26.3 Å². The third-order valence-corrected chi connectivity index (χ3v) is 4.68. The Morgan fingerprint density at radius 2 is 1.04 bits per heavy atom. The molecule has 2 heteroatoms. The lowest BCUT2D eigenvalue weighted by atomic mass is 9.94. The molecule has 0 aromatic rings. The molecule has 0 aliphatic heterocycles. The van der Waals surface area contributed by atoms with Crippen LogP contribution in [0.2, 0.25) is 0 Å². The van der Waals surface area contributed by atoms with Gasteiger partial charge in [-0.05, 0) is 19.8 Å². The van der Waals surface area contributed by atoms with Crippen molar-refractivity contribution in [2.45, 2.75) is 117 Å². The van der Waals surface area contributed by atoms with Crippen molar-refractivity contribution in [2.75, 3.05) is 6.61 Å². The Hall–Kier alpha value is -0.530. The normalized spacial score (nSPS) is 12.3. The van der Waals surface area contributed by atoms with Gasteiger partial charge in [-0.15, -0.1) is 0 Å². The molecule has 0 aromatic heterocycles. The lowest BCUT2D eigenvalue weighted by Gasteiger charge is -2.15. The second kappa shape index (κ2) is 17.8. The molecule has 2 nitrogen and oxygen atoms in total. The van der Waals surface area contributed by atoms with Crippen LogP contribution in [0, 0.1) is 5.92 Å². The number of ether oxygens (including phenoxy) is 1. The van der Waals surface area contributed by atoms with Gasteiger partial charge >= 0.3 is 5.97 Å². The SMILES string of the molecule is CCCCCCCCCC(CCCCCCCC)C(=O)OCC. The number of rotatable bonds is 17. The van der Waals surface area contributed by atoms with Gasteiger partial charge in [0.2, 0.25) is 0 Å². The van der Waals surface area contributed by atoms with E-state index in [1.54, 1.807) is 0 Å². The number of unbranched alkanes of at least 4 members (excludes halogenated alkanes) is 11. The van der Waals surface area contributed by atoms with E-state index in [1.165, 1.54) is 83.5 Å². The van der Waals surface area contributed by atoms with E-state index in [2.05, 4.69) is 13.8 Å². The maximum Gasteiger partial charge on any atom is 0.308 e. The zero-order valence-corrected chi connectivity index (χ0v) is 16.2. The summed E-state index contributed by atoms with van der Waals surface area (Å²) < 4.78 is 5.27. The molecule has 0 aliphatic carbocycles. The summed E-state index contributed by atoms with van der Waals surface area (Å²) in [4.78, 5) is 12.1. The van der Waals surface area contributed by atoms with Crippen molar-refractivity contribution < 1.29 is 9.53 Å². The summed E-state index contributed by atoms with van der Waals surface area (Å²) in [6, 6.07) is 0. The molecule has 0 heterocycles. The molecule has 1 unspecified atom stereocenters. The standard InChI is InChI=1S/C21H42O2/c1-4-7-9-11-13-15-17-19-20(21(22)23-6-3)18-16-14-12-10-8-5-2/h20H,4-19H2,1-3H3. The van der Waals surface area contributed by atoms with E-state index in [-0.39, 0.29) is 11.9 Å². The van der Waals surface area contributed by atoms with Crippen molar-refractivity contribution >= 4 is 5.97 Å². The lowest BCUT2D eigenvalue weighted by Crippen LogP contribution is -2.18. The first kappa shape index (κ1) is 22.5. The van der Waals surface area contributed by atoms with E-state index in [9.17, 15) is 4.79 Å². The van der Waals surface area contributed by atoms with Crippen molar-refractivity contribution in [1.29, 1.82) is 0 Å². The van der Waals surface area contributed by atoms with Crippen LogP contribution in [-0.2, 0) is 9.53 Å². The van der Waals surface area contributed by atoms with Crippen LogP contribution in [0.25, 0.3) is 0 Å². The van der Waals surface area contributed by atoms with Gasteiger partial charge in [-0.2, -0.15) is 0 Å². The van der Waals surface area contributed by atoms with Crippen LogP contribution in [0.1, 0.15) is 117 Å². The molecule has 0 fully saturated rings. The molecule has 0 rings (SSSR count). The molecule has 0 spiro atoms. The van der Waals surface area contributed by atoms with Gasteiger partial charge in [0.25, 0.3) is 0 Å². The Bertz CT molecular complexity index is 250. The van der Waals surface area contributed by atoms with Gasteiger partial charge in [-0.25, -0.2) is 0 Å². The van der Waals surface area contributed by atoms with Crippen LogP contribution in [0.4, 0.5) is 0 Å². The molecule has 0 bridgehead atoms. The molecule has 1 atom stereocenters. The second-order valence-electron chi connectivity index (χ2n) is 6.92. The van der Waals surface area contributed by atoms with Crippen LogP contribution in [0.5, 0.6) is 0 Å². The summed E-state index contributed by atoms with van der Waals surface area (Å²) >= 11 is 0. The highest BCUT2D eigenvalue weighted by molar-refractivity contribution is 5.72. The van der Waals surface area contributed by atoms with Crippen LogP contribution in [0.15, 0.2) is 0 Å². The lowest BCUT2D eigenvalue weighted by molar-refractivity contribution is -0.148. The Kier molecular flexibility index (Phi) is 17.4. The first-order valence-corrected chi connectivity index (χ1v) is 10.4. The summed E-state index contributed by atoms with van der Waals surface area (Å²) in [7, 11) is 0. The molecule has 0 amide bonds. The molecular weight excluding hydrogens is 284 g/mol. The third-order valence-electron chi connectivity index (χ3n) is 4.68. The minimum Gasteiger partial charge on any atom is -0.466 e. The Morgan fingerprint density at radius 3 is 1.43 bits per heavy atom. The van der Waals surface area contributed by atoms with Crippen LogP contribution in [0.3, 0.4) is 0 Å². The molecule has 138 valence electrons. The van der Waals surface area contributed by atoms with E-state index in [0.29, 0.717) is 6.61 Å². The smallest absolute Gasteiger partial charge is 0.308 e. The van der Waals surface area contributed by atoms with Gasteiger partial charge in [0.05, 0.1) is 12.5 Å². The summed E-state index contributed by atoms with van der Waals surface area (Å²) in [6.07, 6.45) is 19.0. The Morgan fingerprint density at radius 1 is 0.652 bits per heavy atom. The highest BCUT2D eigenvalue weighted by Gasteiger charge is 2.18. The van der Waals surface area contributed by atoms with Crippen molar-refractivity contribution in [1.82, 2.24) is 0 Å². The highest BCUT2D eigenvalue weighted by atomic mass is 16.5. The fourth-order valence-electron chi connectivity index (χ4n) is 3.16. The van der Waals surface area contributed by atoms with Gasteiger partial charge in [-0.3, -0.25) is 4.79 Å². The molecule has 23 heavy (non-hydrogen) atoms. The molecule has 0 radical (unpaired) electrons. The van der Waals surface area contributed by atoms with Gasteiger partial charge < -0.3 is 4.74 Å². The van der Waals surface area contributed by atoms with Gasteiger partial charge in [0.15, 0.2) is 0 Å². The largest absolute Gasteiger partial charge is 0.466 e. The number of carbonyl (C=O) groups is 1. The van der Waals surface area contributed by atoms with E-state index in [0.717, 1.165) is 12.8 Å². The second-order valence-corrected chi connectivity index (χ2v) is 6.92. The fourth-order valence-corrected chi connectivity index (χ4v) is 3.16. The quantitative estimate of drug-likeness (QED) is 0.211. The first-order chi connectivity index (χ1) is 11.3. The minimum atomic E-state index is 0.0482. The van der Waals surface area contributed by atoms with Crippen molar-refractivity contribution in [3.63, 3.8) is 0 Å². The van der Waals surface area contributed by atoms with Gasteiger partial charge in [0.1, 0.15) is 0 Å². The number of carbonyl (C=O) groups excluding carboxylic acids is 1. The predicted molar refractivity (Wildman–Crippen MR) is 101 cm³/mol.